The van der Waals surface area contributed by atoms with Crippen LogP contribution in [0.5, 0.6) is 0 Å². The lowest BCUT2D eigenvalue weighted by atomic mass is 10.1. The lowest BCUT2D eigenvalue weighted by Gasteiger charge is -1.98. The van der Waals surface area contributed by atoms with Crippen molar-refractivity contribution in [2.24, 2.45) is 0 Å². The molecule has 3 rings (SSSR count). The summed E-state index contributed by atoms with van der Waals surface area (Å²) < 4.78 is 0. The highest BCUT2D eigenvalue weighted by Crippen LogP contribution is 2.33. The van der Waals surface area contributed by atoms with Crippen molar-refractivity contribution in [3.63, 3.8) is 0 Å². The van der Waals surface area contributed by atoms with Crippen molar-refractivity contribution in [2.75, 3.05) is 0 Å². The quantitative estimate of drug-likeness (QED) is 0.533. The van der Waals surface area contributed by atoms with Crippen LogP contribution in [-0.2, 0) is 6.42 Å². The third-order valence-electron chi connectivity index (χ3n) is 2.65. The maximum absolute atomic E-state index is 4.39. The van der Waals surface area contributed by atoms with Crippen molar-refractivity contribution >= 4 is 0 Å². The molecule has 0 aromatic carbocycles. The molecule has 0 unspecified atom stereocenters. The van der Waals surface area contributed by atoms with E-state index in [2.05, 4.69) is 22.1 Å². The molecule has 0 bridgehead atoms. The number of aromatic nitrogens is 2. The Kier molecular flexibility index (Phi) is 1.45. The topological polar surface area (TPSA) is 25.8 Å². The van der Waals surface area contributed by atoms with E-state index in [0.717, 1.165) is 17.8 Å². The predicted octanol–water partition coefficient (Wildman–Crippen LogP) is 2.36. The molecule has 2 heterocycles. The molecule has 68 valence electrons. The molecule has 2 aromatic heterocycles. The minimum absolute atomic E-state index is 1.00. The number of fused-ring (bicyclic) bond motifs is 3. The third kappa shape index (κ3) is 0.970. The van der Waals surface area contributed by atoms with Gasteiger partial charge in [-0.2, -0.15) is 0 Å². The first-order valence-electron chi connectivity index (χ1n) is 4.74. The highest BCUT2D eigenvalue weighted by Gasteiger charge is 2.19. The number of hydrogen-bond acceptors (Lipinski definition) is 2. The summed E-state index contributed by atoms with van der Waals surface area (Å²) in [6.45, 7) is 2.02. The molecule has 0 saturated heterocycles. The van der Waals surface area contributed by atoms with Gasteiger partial charge in [0.1, 0.15) is 0 Å². The second-order valence-electron chi connectivity index (χ2n) is 3.67. The molecule has 2 aromatic rings. The summed E-state index contributed by atoms with van der Waals surface area (Å²) in [6.07, 6.45) is 4.78. The van der Waals surface area contributed by atoms with Crippen molar-refractivity contribution in [3.05, 3.63) is 47.4 Å². The predicted molar refractivity (Wildman–Crippen MR) is 55.0 cm³/mol. The average Bonchev–Trinajstić information content (AvgIpc) is 2.54. The van der Waals surface area contributed by atoms with Crippen LogP contribution >= 0.6 is 0 Å². The van der Waals surface area contributed by atoms with Gasteiger partial charge in [-0.05, 0) is 30.2 Å². The molecule has 1 aliphatic rings. The zero-order valence-electron chi connectivity index (χ0n) is 7.99. The summed E-state index contributed by atoms with van der Waals surface area (Å²) in [5.74, 6) is 0. The van der Waals surface area contributed by atoms with Crippen molar-refractivity contribution in [1.29, 1.82) is 0 Å². The molecule has 0 aliphatic heterocycles. The van der Waals surface area contributed by atoms with Crippen LogP contribution in [0.2, 0.25) is 0 Å². The van der Waals surface area contributed by atoms with Crippen LogP contribution in [0.4, 0.5) is 0 Å². The molecule has 2 heteroatoms. The van der Waals surface area contributed by atoms with E-state index in [0.29, 0.717) is 0 Å². The van der Waals surface area contributed by atoms with E-state index in [1.807, 2.05) is 25.4 Å². The molecule has 0 radical (unpaired) electrons. The van der Waals surface area contributed by atoms with E-state index >= 15 is 0 Å². The Morgan fingerprint density at radius 3 is 3.07 bits per heavy atom. The third-order valence-corrected chi connectivity index (χ3v) is 2.65. The summed E-state index contributed by atoms with van der Waals surface area (Å²) in [7, 11) is 0. The molecule has 0 spiro atoms. The second kappa shape index (κ2) is 2.64. The molecule has 2 nitrogen and oxygen atoms in total. The maximum atomic E-state index is 4.39. The van der Waals surface area contributed by atoms with Crippen LogP contribution in [0.3, 0.4) is 0 Å². The van der Waals surface area contributed by atoms with Crippen molar-refractivity contribution in [1.82, 2.24) is 9.97 Å². The minimum atomic E-state index is 1.00. The van der Waals surface area contributed by atoms with Gasteiger partial charge < -0.3 is 0 Å². The monoisotopic (exact) mass is 182 g/mol. The van der Waals surface area contributed by atoms with Crippen LogP contribution in [0, 0.1) is 6.92 Å². The summed E-state index contributed by atoms with van der Waals surface area (Å²) in [4.78, 5) is 8.70. The molecule has 14 heavy (non-hydrogen) atoms. The SMILES string of the molecule is Cc1cc2c(cn1)-c1ncccc1C2. The van der Waals surface area contributed by atoms with E-state index in [1.165, 1.54) is 16.7 Å². The van der Waals surface area contributed by atoms with Crippen LogP contribution in [-0.4, -0.2) is 9.97 Å². The molecular weight excluding hydrogens is 172 g/mol. The minimum Gasteiger partial charge on any atom is -0.261 e. The summed E-state index contributed by atoms with van der Waals surface area (Å²) in [5.41, 5.74) is 6.05. The number of hydrogen-bond donors (Lipinski definition) is 0. The van der Waals surface area contributed by atoms with Crippen molar-refractivity contribution in [3.8, 4) is 11.3 Å². The smallest absolute Gasteiger partial charge is 0.0755 e. The zero-order chi connectivity index (χ0) is 9.54. The fraction of sp³-hybridized carbons (Fsp3) is 0.167. The van der Waals surface area contributed by atoms with E-state index in [9.17, 15) is 0 Å². The highest BCUT2D eigenvalue weighted by molar-refractivity contribution is 5.72. The largest absolute Gasteiger partial charge is 0.261 e. The van der Waals surface area contributed by atoms with Gasteiger partial charge in [-0.1, -0.05) is 6.07 Å². The van der Waals surface area contributed by atoms with Crippen LogP contribution in [0.25, 0.3) is 11.3 Å². The molecule has 1 aliphatic carbocycles. The Bertz CT molecular complexity index is 503. The van der Waals surface area contributed by atoms with Gasteiger partial charge in [0.05, 0.1) is 5.69 Å². The average molecular weight is 182 g/mol. The van der Waals surface area contributed by atoms with Gasteiger partial charge in [0.15, 0.2) is 0 Å². The van der Waals surface area contributed by atoms with Gasteiger partial charge in [-0.25, -0.2) is 0 Å². The summed E-state index contributed by atoms with van der Waals surface area (Å²) >= 11 is 0. The maximum Gasteiger partial charge on any atom is 0.0755 e. The first kappa shape index (κ1) is 7.68. The fourth-order valence-corrected chi connectivity index (χ4v) is 2.00. The van der Waals surface area contributed by atoms with E-state index < -0.39 is 0 Å². The van der Waals surface area contributed by atoms with Crippen LogP contribution in [0.15, 0.2) is 30.6 Å². The van der Waals surface area contributed by atoms with Gasteiger partial charge in [0.25, 0.3) is 0 Å². The Balaban J connectivity index is 2.27. The fourth-order valence-electron chi connectivity index (χ4n) is 2.00. The molecule has 0 atom stereocenters. The van der Waals surface area contributed by atoms with Gasteiger partial charge in [-0.3, -0.25) is 9.97 Å². The van der Waals surface area contributed by atoms with Gasteiger partial charge in [0, 0.05) is 30.1 Å². The molecule has 0 amide bonds. The lowest BCUT2D eigenvalue weighted by molar-refractivity contribution is 1.16. The Hall–Kier alpha value is -1.70. The van der Waals surface area contributed by atoms with E-state index in [4.69, 9.17) is 0 Å². The molecule has 0 N–H and O–H groups in total. The number of pyridine rings is 2. The zero-order valence-corrected chi connectivity index (χ0v) is 7.99. The van der Waals surface area contributed by atoms with Gasteiger partial charge >= 0.3 is 0 Å². The van der Waals surface area contributed by atoms with Crippen LogP contribution in [0.1, 0.15) is 16.8 Å². The Morgan fingerprint density at radius 2 is 2.14 bits per heavy atom. The number of aryl methyl sites for hydroxylation is 1. The molecule has 0 fully saturated rings. The second-order valence-corrected chi connectivity index (χ2v) is 3.67. The lowest BCUT2D eigenvalue weighted by Crippen LogP contribution is -1.85. The van der Waals surface area contributed by atoms with Crippen LogP contribution < -0.4 is 0 Å². The van der Waals surface area contributed by atoms with Gasteiger partial charge in [0.2, 0.25) is 0 Å². The molecular formula is C12H10N2. The normalized spacial score (nSPS) is 12.4. The van der Waals surface area contributed by atoms with Crippen molar-refractivity contribution in [2.45, 2.75) is 13.3 Å². The Labute approximate surface area is 82.7 Å². The first-order valence-corrected chi connectivity index (χ1v) is 4.74. The number of nitrogens with zero attached hydrogens (tertiary/aromatic N) is 2. The van der Waals surface area contributed by atoms with E-state index in [-0.39, 0.29) is 0 Å². The summed E-state index contributed by atoms with van der Waals surface area (Å²) in [6, 6.07) is 6.28. The Morgan fingerprint density at radius 1 is 1.21 bits per heavy atom. The van der Waals surface area contributed by atoms with E-state index in [1.54, 1.807) is 0 Å². The number of rotatable bonds is 0. The van der Waals surface area contributed by atoms with Gasteiger partial charge in [-0.15, -0.1) is 0 Å². The van der Waals surface area contributed by atoms with Crippen molar-refractivity contribution < 1.29 is 0 Å². The standard InChI is InChI=1S/C12H10N2/c1-8-5-10-6-9-3-2-4-13-12(9)11(10)7-14-8/h2-5,7H,6H2,1H3. The first-order chi connectivity index (χ1) is 6.84. The highest BCUT2D eigenvalue weighted by atomic mass is 14.7. The summed E-state index contributed by atoms with van der Waals surface area (Å²) in [5, 5.41) is 0. The molecule has 0 saturated carbocycles.